The van der Waals surface area contributed by atoms with Crippen LogP contribution in [0.5, 0.6) is 5.75 Å². The number of halogens is 1. The quantitative estimate of drug-likeness (QED) is 0.808. The average molecular weight is 350 g/mol. The van der Waals surface area contributed by atoms with Crippen molar-refractivity contribution in [3.05, 3.63) is 58.6 Å². The van der Waals surface area contributed by atoms with Crippen LogP contribution < -0.4 is 10.1 Å². The highest BCUT2D eigenvalue weighted by Crippen LogP contribution is 2.20. The van der Waals surface area contributed by atoms with Gasteiger partial charge in [-0.25, -0.2) is 0 Å². The van der Waals surface area contributed by atoms with Gasteiger partial charge in [-0.15, -0.1) is 0 Å². The molecule has 0 fully saturated rings. The molecule has 110 valence electrons. The van der Waals surface area contributed by atoms with Gasteiger partial charge in [0.05, 0.1) is 12.2 Å². The molecule has 21 heavy (non-hydrogen) atoms. The van der Waals surface area contributed by atoms with E-state index in [1.807, 2.05) is 30.3 Å². The highest BCUT2D eigenvalue weighted by atomic mass is 79.9. The molecule has 5 heteroatoms. The van der Waals surface area contributed by atoms with Crippen molar-refractivity contribution in [3.8, 4) is 5.75 Å². The number of hydrogen-bond donors (Lipinski definition) is 1. The van der Waals surface area contributed by atoms with Crippen molar-refractivity contribution < 1.29 is 14.3 Å². The molecule has 4 nitrogen and oxygen atoms in total. The van der Waals surface area contributed by atoms with E-state index in [2.05, 4.69) is 21.2 Å². The van der Waals surface area contributed by atoms with Gasteiger partial charge in [0.15, 0.2) is 0 Å². The minimum Gasteiger partial charge on any atom is -0.490 e. The minimum atomic E-state index is -0.203. The van der Waals surface area contributed by atoms with Gasteiger partial charge in [-0.2, -0.15) is 0 Å². The number of para-hydroxylation sites is 1. The Labute approximate surface area is 132 Å². The first-order chi connectivity index (χ1) is 10.2. The Kier molecular flexibility index (Phi) is 5.78. The number of rotatable bonds is 6. The number of carbonyl (C=O) groups excluding carboxylic acids is 1. The average Bonchev–Trinajstić information content (AvgIpc) is 2.50. The summed E-state index contributed by atoms with van der Waals surface area (Å²) in [7, 11) is 1.61. The van der Waals surface area contributed by atoms with Gasteiger partial charge in [-0.1, -0.05) is 28.1 Å². The lowest BCUT2D eigenvalue weighted by Gasteiger charge is -2.11. The molecule has 1 amide bonds. The van der Waals surface area contributed by atoms with Crippen LogP contribution >= 0.6 is 15.9 Å². The van der Waals surface area contributed by atoms with E-state index in [4.69, 9.17) is 9.47 Å². The summed E-state index contributed by atoms with van der Waals surface area (Å²) in [5, 5.41) is 2.85. The van der Waals surface area contributed by atoms with E-state index in [-0.39, 0.29) is 5.91 Å². The fraction of sp³-hybridized carbons (Fsp3) is 0.188. The summed E-state index contributed by atoms with van der Waals surface area (Å²) in [4.78, 5) is 12.3. The van der Waals surface area contributed by atoms with Crippen LogP contribution in [0.3, 0.4) is 0 Å². The van der Waals surface area contributed by atoms with Crippen molar-refractivity contribution in [2.75, 3.05) is 25.6 Å². The molecule has 1 N–H and O–H groups in total. The Bertz CT molecular complexity index is 599. The van der Waals surface area contributed by atoms with Gasteiger partial charge in [0.1, 0.15) is 12.4 Å². The van der Waals surface area contributed by atoms with E-state index in [1.54, 1.807) is 25.3 Å². The fourth-order valence-electron chi connectivity index (χ4n) is 1.75. The molecular weight excluding hydrogens is 334 g/mol. The predicted octanol–water partition coefficient (Wildman–Crippen LogP) is 3.73. The number of benzene rings is 2. The number of ether oxygens (including phenoxy) is 2. The SMILES string of the molecule is COCCOc1ccccc1C(=O)Nc1ccc(Br)cc1. The Morgan fingerprint density at radius 3 is 2.52 bits per heavy atom. The fourth-order valence-corrected chi connectivity index (χ4v) is 2.01. The maximum atomic E-state index is 12.3. The van der Waals surface area contributed by atoms with Gasteiger partial charge in [-0.3, -0.25) is 4.79 Å². The normalized spacial score (nSPS) is 10.2. The van der Waals surface area contributed by atoms with Crippen LogP contribution in [0, 0.1) is 0 Å². The molecule has 0 saturated carbocycles. The molecule has 0 bridgehead atoms. The summed E-state index contributed by atoms with van der Waals surface area (Å²) in [6.45, 7) is 0.877. The number of nitrogens with one attached hydrogen (secondary N) is 1. The van der Waals surface area contributed by atoms with E-state index < -0.39 is 0 Å². The second kappa shape index (κ2) is 7.81. The molecule has 0 radical (unpaired) electrons. The molecule has 2 aromatic carbocycles. The highest BCUT2D eigenvalue weighted by molar-refractivity contribution is 9.10. The van der Waals surface area contributed by atoms with E-state index in [0.717, 1.165) is 10.2 Å². The summed E-state index contributed by atoms with van der Waals surface area (Å²) in [6, 6.07) is 14.5. The van der Waals surface area contributed by atoms with Crippen LogP contribution in [0.1, 0.15) is 10.4 Å². The molecule has 2 aromatic rings. The molecule has 0 spiro atoms. The summed E-state index contributed by atoms with van der Waals surface area (Å²) in [5.41, 5.74) is 1.23. The van der Waals surface area contributed by atoms with Crippen LogP contribution in [0.25, 0.3) is 0 Å². The van der Waals surface area contributed by atoms with Crippen molar-refractivity contribution in [1.82, 2.24) is 0 Å². The lowest BCUT2D eigenvalue weighted by atomic mass is 10.2. The van der Waals surface area contributed by atoms with Crippen LogP contribution in [-0.2, 0) is 4.74 Å². The molecule has 0 heterocycles. The molecular formula is C16H16BrNO3. The molecule has 0 aliphatic rings. The van der Waals surface area contributed by atoms with Crippen molar-refractivity contribution in [3.63, 3.8) is 0 Å². The zero-order chi connectivity index (χ0) is 15.1. The van der Waals surface area contributed by atoms with Crippen LogP contribution in [-0.4, -0.2) is 26.2 Å². The molecule has 0 aliphatic carbocycles. The standard InChI is InChI=1S/C16H16BrNO3/c1-20-10-11-21-15-5-3-2-4-14(15)16(19)18-13-8-6-12(17)7-9-13/h2-9H,10-11H2,1H3,(H,18,19). The minimum absolute atomic E-state index is 0.203. The zero-order valence-electron chi connectivity index (χ0n) is 11.6. The van der Waals surface area contributed by atoms with Crippen molar-refractivity contribution in [1.29, 1.82) is 0 Å². The Morgan fingerprint density at radius 2 is 1.81 bits per heavy atom. The van der Waals surface area contributed by atoms with Gasteiger partial charge in [0.25, 0.3) is 5.91 Å². The topological polar surface area (TPSA) is 47.6 Å². The lowest BCUT2D eigenvalue weighted by Crippen LogP contribution is -2.14. The summed E-state index contributed by atoms with van der Waals surface area (Å²) < 4.78 is 11.5. The molecule has 0 aliphatic heterocycles. The first-order valence-corrected chi connectivity index (χ1v) is 7.27. The van der Waals surface area contributed by atoms with Crippen LogP contribution in [0.15, 0.2) is 53.0 Å². The Hall–Kier alpha value is -1.85. The molecule has 0 aromatic heterocycles. The van der Waals surface area contributed by atoms with E-state index in [9.17, 15) is 4.79 Å². The van der Waals surface area contributed by atoms with Gasteiger partial charge in [0, 0.05) is 17.3 Å². The number of methoxy groups -OCH3 is 1. The largest absolute Gasteiger partial charge is 0.490 e. The smallest absolute Gasteiger partial charge is 0.259 e. The predicted molar refractivity (Wildman–Crippen MR) is 85.9 cm³/mol. The summed E-state index contributed by atoms with van der Waals surface area (Å²) in [6.07, 6.45) is 0. The first-order valence-electron chi connectivity index (χ1n) is 6.48. The maximum absolute atomic E-state index is 12.3. The number of anilines is 1. The zero-order valence-corrected chi connectivity index (χ0v) is 13.2. The van der Waals surface area contributed by atoms with E-state index in [1.165, 1.54) is 0 Å². The van der Waals surface area contributed by atoms with Crippen molar-refractivity contribution in [2.24, 2.45) is 0 Å². The molecule has 0 saturated heterocycles. The monoisotopic (exact) mass is 349 g/mol. The highest BCUT2D eigenvalue weighted by Gasteiger charge is 2.12. The molecule has 0 unspecified atom stereocenters. The summed E-state index contributed by atoms with van der Waals surface area (Å²) in [5.74, 6) is 0.342. The van der Waals surface area contributed by atoms with Gasteiger partial charge in [0.2, 0.25) is 0 Å². The Morgan fingerprint density at radius 1 is 1.10 bits per heavy atom. The number of hydrogen-bond acceptors (Lipinski definition) is 3. The van der Waals surface area contributed by atoms with Crippen LogP contribution in [0.4, 0.5) is 5.69 Å². The maximum Gasteiger partial charge on any atom is 0.259 e. The summed E-state index contributed by atoms with van der Waals surface area (Å²) >= 11 is 3.36. The number of carbonyl (C=O) groups is 1. The number of amides is 1. The van der Waals surface area contributed by atoms with E-state index >= 15 is 0 Å². The van der Waals surface area contributed by atoms with Crippen molar-refractivity contribution >= 4 is 27.5 Å². The van der Waals surface area contributed by atoms with Gasteiger partial charge >= 0.3 is 0 Å². The van der Waals surface area contributed by atoms with Crippen molar-refractivity contribution in [2.45, 2.75) is 0 Å². The third kappa shape index (κ3) is 4.58. The van der Waals surface area contributed by atoms with Gasteiger partial charge in [-0.05, 0) is 36.4 Å². The second-order valence-electron chi connectivity index (χ2n) is 4.30. The third-order valence-corrected chi connectivity index (χ3v) is 3.31. The second-order valence-corrected chi connectivity index (χ2v) is 5.21. The van der Waals surface area contributed by atoms with E-state index in [0.29, 0.717) is 24.5 Å². The Balaban J connectivity index is 2.09. The third-order valence-electron chi connectivity index (χ3n) is 2.78. The molecule has 0 atom stereocenters. The first kappa shape index (κ1) is 15.5. The molecule has 2 rings (SSSR count). The lowest BCUT2D eigenvalue weighted by molar-refractivity contribution is 0.101. The van der Waals surface area contributed by atoms with Crippen LogP contribution in [0.2, 0.25) is 0 Å². The van der Waals surface area contributed by atoms with Gasteiger partial charge < -0.3 is 14.8 Å².